The molecule has 0 radical (unpaired) electrons. The minimum atomic E-state index is -0.773. The normalized spacial score (nSPS) is 26.0. The number of benzene rings is 2. The van der Waals surface area contributed by atoms with Crippen molar-refractivity contribution in [3.63, 3.8) is 0 Å². The number of likely N-dealkylation sites (N-methyl/N-ethyl adjacent to an activating group) is 1. The van der Waals surface area contributed by atoms with Crippen LogP contribution in [0.1, 0.15) is 74.4 Å². The molecule has 0 aromatic heterocycles. The van der Waals surface area contributed by atoms with Gasteiger partial charge in [-0.2, -0.15) is 0 Å². The lowest BCUT2D eigenvalue weighted by atomic mass is 9.81. The first kappa shape index (κ1) is 27.2. The highest BCUT2D eigenvalue weighted by atomic mass is 16.5. The second-order valence-corrected chi connectivity index (χ2v) is 11.8. The second-order valence-electron chi connectivity index (χ2n) is 11.8. The average Bonchev–Trinajstić information content (AvgIpc) is 3.17. The van der Waals surface area contributed by atoms with Gasteiger partial charge in [0, 0.05) is 6.42 Å². The zero-order valence-electron chi connectivity index (χ0n) is 23.5. The Morgan fingerprint density at radius 2 is 1.82 bits per heavy atom. The van der Waals surface area contributed by atoms with Gasteiger partial charge in [0.25, 0.3) is 0 Å². The van der Waals surface area contributed by atoms with Crippen molar-refractivity contribution in [2.75, 3.05) is 14.2 Å². The molecule has 0 bridgehead atoms. The van der Waals surface area contributed by atoms with E-state index in [2.05, 4.69) is 41.9 Å². The standard InChI is InChI=1S/C31H40N4O4/c1-18(32-4)28(36)34-25-15-20-13-14-21(39-5)16-23(20)26-17-31(2,3)27(35(26)30(25)38)29(37)33-24-12-8-10-19-9-6-7-11-22(19)24/h6-7,9,11,13-14,16,18,24-27,32H,8,10,12,15,17H2,1-5H3,(H,33,37)(H,34,36)/t18-,24+,25-,26+,27?/m0/s1. The van der Waals surface area contributed by atoms with Crippen LogP contribution in [0.25, 0.3) is 0 Å². The Bertz CT molecular complexity index is 1270. The zero-order valence-corrected chi connectivity index (χ0v) is 23.5. The van der Waals surface area contributed by atoms with E-state index in [0.29, 0.717) is 18.6 Å². The molecule has 2 aliphatic heterocycles. The van der Waals surface area contributed by atoms with Crippen molar-refractivity contribution >= 4 is 17.7 Å². The van der Waals surface area contributed by atoms with Crippen molar-refractivity contribution in [3.8, 4) is 5.75 Å². The van der Waals surface area contributed by atoms with Gasteiger partial charge in [-0.1, -0.05) is 44.2 Å². The Labute approximate surface area is 230 Å². The lowest BCUT2D eigenvalue weighted by molar-refractivity contribution is -0.145. The zero-order chi connectivity index (χ0) is 27.9. The number of methoxy groups -OCH3 is 1. The molecular weight excluding hydrogens is 492 g/mol. The Morgan fingerprint density at radius 3 is 2.56 bits per heavy atom. The van der Waals surface area contributed by atoms with Gasteiger partial charge in [0.05, 0.1) is 25.2 Å². The molecule has 1 unspecified atom stereocenters. The first-order valence-corrected chi connectivity index (χ1v) is 14.0. The quantitative estimate of drug-likeness (QED) is 0.531. The van der Waals surface area contributed by atoms with Crippen LogP contribution in [0.4, 0.5) is 0 Å². The maximum atomic E-state index is 14.3. The van der Waals surface area contributed by atoms with Crippen LogP contribution in [0.3, 0.4) is 0 Å². The molecule has 0 saturated carbocycles. The third-order valence-electron chi connectivity index (χ3n) is 8.84. The summed E-state index contributed by atoms with van der Waals surface area (Å²) in [5, 5.41) is 9.23. The smallest absolute Gasteiger partial charge is 0.246 e. The minimum Gasteiger partial charge on any atom is -0.497 e. The van der Waals surface area contributed by atoms with Gasteiger partial charge in [0.1, 0.15) is 17.8 Å². The van der Waals surface area contributed by atoms with E-state index in [9.17, 15) is 14.4 Å². The summed E-state index contributed by atoms with van der Waals surface area (Å²) in [5.41, 5.74) is 3.91. The van der Waals surface area contributed by atoms with E-state index >= 15 is 0 Å². The monoisotopic (exact) mass is 532 g/mol. The summed E-state index contributed by atoms with van der Waals surface area (Å²) in [7, 11) is 3.34. The highest BCUT2D eigenvalue weighted by Crippen LogP contribution is 2.50. The summed E-state index contributed by atoms with van der Waals surface area (Å²) in [4.78, 5) is 43.0. The molecule has 208 valence electrons. The van der Waals surface area contributed by atoms with Gasteiger partial charge in [-0.3, -0.25) is 14.4 Å². The SMILES string of the molecule is CN[C@@H](C)C(=O)N[C@H]1Cc2ccc(OC)cc2[C@H]2CC(C)(C)C(C(=O)N[C@@H]3CCCc4ccccc43)N2C1=O. The number of fused-ring (bicyclic) bond motifs is 4. The maximum Gasteiger partial charge on any atom is 0.246 e. The first-order valence-electron chi connectivity index (χ1n) is 14.0. The van der Waals surface area contributed by atoms with Gasteiger partial charge in [-0.15, -0.1) is 0 Å². The minimum absolute atomic E-state index is 0.0845. The molecule has 2 aromatic carbocycles. The number of hydrogen-bond acceptors (Lipinski definition) is 5. The second kappa shape index (κ2) is 10.6. The van der Waals surface area contributed by atoms with E-state index in [1.54, 1.807) is 26.0 Å². The maximum absolute atomic E-state index is 14.3. The Balaban J connectivity index is 1.52. The van der Waals surface area contributed by atoms with Gasteiger partial charge in [0.15, 0.2) is 0 Å². The molecule has 8 heteroatoms. The molecule has 2 aromatic rings. The molecule has 2 heterocycles. The largest absolute Gasteiger partial charge is 0.497 e. The van der Waals surface area contributed by atoms with Gasteiger partial charge in [0.2, 0.25) is 17.7 Å². The summed E-state index contributed by atoms with van der Waals surface area (Å²) in [6, 6.07) is 11.8. The molecule has 5 rings (SSSR count). The average molecular weight is 533 g/mol. The van der Waals surface area contributed by atoms with Crippen LogP contribution in [-0.2, 0) is 27.2 Å². The van der Waals surface area contributed by atoms with Crippen molar-refractivity contribution in [2.45, 2.75) is 83.1 Å². The van der Waals surface area contributed by atoms with E-state index in [-0.39, 0.29) is 29.8 Å². The fourth-order valence-electron chi connectivity index (χ4n) is 6.66. The van der Waals surface area contributed by atoms with Crippen molar-refractivity contribution in [1.29, 1.82) is 0 Å². The fraction of sp³-hybridized carbons (Fsp3) is 0.516. The van der Waals surface area contributed by atoms with Gasteiger partial charge >= 0.3 is 0 Å². The summed E-state index contributed by atoms with van der Waals surface area (Å²) < 4.78 is 5.53. The van der Waals surface area contributed by atoms with Gasteiger partial charge in [-0.25, -0.2) is 0 Å². The summed E-state index contributed by atoms with van der Waals surface area (Å²) in [5.74, 6) is 0.0961. The number of carbonyl (C=O) groups excluding carboxylic acids is 3. The third kappa shape index (κ3) is 5.02. The topological polar surface area (TPSA) is 99.8 Å². The van der Waals surface area contributed by atoms with Crippen LogP contribution in [0, 0.1) is 5.41 Å². The fourth-order valence-corrected chi connectivity index (χ4v) is 6.66. The molecule has 3 N–H and O–H groups in total. The molecule has 0 spiro atoms. The van der Waals surface area contributed by atoms with Crippen molar-refractivity contribution in [1.82, 2.24) is 20.9 Å². The molecule has 8 nitrogen and oxygen atoms in total. The number of hydrogen-bond donors (Lipinski definition) is 3. The number of nitrogens with one attached hydrogen (secondary N) is 3. The number of rotatable bonds is 6. The lowest BCUT2D eigenvalue weighted by Gasteiger charge is -2.36. The predicted molar refractivity (Wildman–Crippen MR) is 149 cm³/mol. The highest BCUT2D eigenvalue weighted by molar-refractivity contribution is 5.95. The van der Waals surface area contributed by atoms with E-state index in [0.717, 1.165) is 36.0 Å². The van der Waals surface area contributed by atoms with Crippen LogP contribution in [0.15, 0.2) is 42.5 Å². The molecule has 1 saturated heterocycles. The van der Waals surface area contributed by atoms with E-state index in [1.807, 2.05) is 30.3 Å². The van der Waals surface area contributed by atoms with E-state index in [1.165, 1.54) is 5.56 Å². The van der Waals surface area contributed by atoms with Crippen LogP contribution >= 0.6 is 0 Å². The molecule has 1 aliphatic carbocycles. The number of amides is 3. The number of aryl methyl sites for hydroxylation is 1. The third-order valence-corrected chi connectivity index (χ3v) is 8.84. The molecule has 3 amide bonds. The molecule has 1 fully saturated rings. The van der Waals surface area contributed by atoms with Crippen LogP contribution in [0.5, 0.6) is 5.75 Å². The Morgan fingerprint density at radius 1 is 1.05 bits per heavy atom. The summed E-state index contributed by atoms with van der Waals surface area (Å²) >= 11 is 0. The summed E-state index contributed by atoms with van der Waals surface area (Å²) in [6.45, 7) is 5.88. The van der Waals surface area contributed by atoms with Crippen molar-refractivity contribution in [3.05, 3.63) is 64.7 Å². The number of carbonyl (C=O) groups is 3. The Kier molecular flexibility index (Phi) is 7.42. The lowest BCUT2D eigenvalue weighted by Crippen LogP contribution is -2.57. The number of nitrogens with zero attached hydrogens (tertiary/aromatic N) is 1. The van der Waals surface area contributed by atoms with Gasteiger partial charge in [-0.05, 0) is 79.5 Å². The first-order chi connectivity index (χ1) is 18.6. The van der Waals surface area contributed by atoms with Crippen molar-refractivity contribution < 1.29 is 19.1 Å². The van der Waals surface area contributed by atoms with E-state index in [4.69, 9.17) is 4.74 Å². The molecule has 3 aliphatic rings. The summed E-state index contributed by atoms with van der Waals surface area (Å²) in [6.07, 6.45) is 3.87. The van der Waals surface area contributed by atoms with Crippen molar-refractivity contribution in [2.24, 2.45) is 5.41 Å². The van der Waals surface area contributed by atoms with Gasteiger partial charge < -0.3 is 25.6 Å². The highest BCUT2D eigenvalue weighted by Gasteiger charge is 2.55. The number of ether oxygens (including phenoxy) is 1. The van der Waals surface area contributed by atoms with Crippen LogP contribution in [0.2, 0.25) is 0 Å². The molecular formula is C31H40N4O4. The molecule has 5 atom stereocenters. The Hall–Kier alpha value is -3.39. The van der Waals surface area contributed by atoms with Crippen LogP contribution < -0.4 is 20.7 Å². The predicted octanol–water partition coefficient (Wildman–Crippen LogP) is 3.21. The van der Waals surface area contributed by atoms with Crippen LogP contribution in [-0.4, -0.2) is 54.9 Å². The van der Waals surface area contributed by atoms with E-state index < -0.39 is 23.5 Å². The molecule has 39 heavy (non-hydrogen) atoms.